The number of H-pyrrole nitrogens is 1. The van der Waals surface area contributed by atoms with Crippen LogP contribution in [-0.4, -0.2) is 70.7 Å². The van der Waals surface area contributed by atoms with Gasteiger partial charge in [-0.1, -0.05) is 0 Å². The maximum absolute atomic E-state index is 5.54. The highest BCUT2D eigenvalue weighted by atomic mass is 32.1. The van der Waals surface area contributed by atoms with E-state index in [4.69, 9.17) is 14.7 Å². The molecule has 6 rings (SSSR count). The molecule has 0 spiro atoms. The number of hydrogen-bond acceptors (Lipinski definition) is 6. The summed E-state index contributed by atoms with van der Waals surface area (Å²) in [6, 6.07) is 3.60. The van der Waals surface area contributed by atoms with E-state index in [1.165, 1.54) is 66.6 Å². The van der Waals surface area contributed by atoms with Crippen LogP contribution < -0.4 is 0 Å². The van der Waals surface area contributed by atoms with Gasteiger partial charge in [0.25, 0.3) is 0 Å². The summed E-state index contributed by atoms with van der Waals surface area (Å²) in [5.41, 5.74) is 4.65. The third-order valence-corrected chi connectivity index (χ3v) is 8.83. The van der Waals surface area contributed by atoms with Gasteiger partial charge in [-0.25, -0.2) is 9.97 Å². The molecule has 3 fully saturated rings. The second kappa shape index (κ2) is 8.86. The van der Waals surface area contributed by atoms with Gasteiger partial charge in [0.2, 0.25) is 0 Å². The fourth-order valence-corrected chi connectivity index (χ4v) is 6.98. The van der Waals surface area contributed by atoms with Crippen LogP contribution in [0.4, 0.5) is 0 Å². The zero-order chi connectivity index (χ0) is 21.5. The van der Waals surface area contributed by atoms with Gasteiger partial charge in [-0.2, -0.15) is 0 Å². The van der Waals surface area contributed by atoms with Gasteiger partial charge >= 0.3 is 0 Å². The van der Waals surface area contributed by atoms with E-state index >= 15 is 0 Å². The maximum Gasteiger partial charge on any atom is 0.137 e. The number of pyridine rings is 1. The van der Waals surface area contributed by atoms with E-state index in [1.807, 2.05) is 0 Å². The molecule has 1 N–H and O–H groups in total. The Bertz CT molecular complexity index is 1060. The Labute approximate surface area is 194 Å². The Kier molecular flexibility index (Phi) is 5.75. The molecule has 1 saturated carbocycles. The Morgan fingerprint density at radius 3 is 2.72 bits per heavy atom. The maximum atomic E-state index is 5.54. The number of likely N-dealkylation sites (tertiary alicyclic amines) is 1. The minimum atomic E-state index is 0.481. The molecule has 1 unspecified atom stereocenters. The van der Waals surface area contributed by atoms with Crippen molar-refractivity contribution >= 4 is 22.4 Å². The van der Waals surface area contributed by atoms with Gasteiger partial charge in [-0.05, 0) is 69.7 Å². The molecule has 0 amide bonds. The Morgan fingerprint density at radius 2 is 1.94 bits per heavy atom. The monoisotopic (exact) mass is 451 g/mol. The molecular weight excluding hydrogens is 418 g/mol. The average Bonchev–Trinajstić information content (AvgIpc) is 3.58. The Hall–Kier alpha value is -1.80. The highest BCUT2D eigenvalue weighted by Gasteiger charge is 2.29. The van der Waals surface area contributed by atoms with E-state index < -0.39 is 0 Å². The molecule has 0 bridgehead atoms. The molecule has 170 valence electrons. The summed E-state index contributed by atoms with van der Waals surface area (Å²) in [6.07, 6.45) is 11.8. The highest BCUT2D eigenvalue weighted by molar-refractivity contribution is 7.10. The van der Waals surface area contributed by atoms with Crippen LogP contribution in [0.25, 0.3) is 22.3 Å². The fourth-order valence-electron chi connectivity index (χ4n) is 5.96. The molecule has 2 aliphatic heterocycles. The van der Waals surface area contributed by atoms with Crippen LogP contribution in [-0.2, 0) is 4.74 Å². The molecule has 6 nitrogen and oxygen atoms in total. The predicted octanol–water partition coefficient (Wildman–Crippen LogP) is 4.81. The first kappa shape index (κ1) is 20.8. The summed E-state index contributed by atoms with van der Waals surface area (Å²) in [6.45, 7) is 5.16. The molecule has 7 heteroatoms. The number of rotatable bonds is 4. The first-order valence-electron chi connectivity index (χ1n) is 12.2. The fraction of sp³-hybridized carbons (Fsp3) is 0.600. The van der Waals surface area contributed by atoms with Crippen LogP contribution in [0.15, 0.2) is 23.8 Å². The summed E-state index contributed by atoms with van der Waals surface area (Å²) in [7, 11) is 2.22. The van der Waals surface area contributed by atoms with E-state index in [0.717, 1.165) is 43.7 Å². The number of nitrogens with one attached hydrogen (secondary N) is 1. The van der Waals surface area contributed by atoms with Crippen molar-refractivity contribution in [1.82, 2.24) is 24.8 Å². The van der Waals surface area contributed by atoms with Crippen molar-refractivity contribution in [3.05, 3.63) is 34.4 Å². The SMILES string of the molecule is CN1CCCC1c1nc(-c2c[nH]c3ncc(C4CCC(N5CCOCC5)CC4)cc23)cs1. The normalized spacial score (nSPS) is 28.0. The Morgan fingerprint density at radius 1 is 1.09 bits per heavy atom. The molecule has 1 atom stereocenters. The number of fused-ring (bicyclic) bond motifs is 1. The first-order valence-corrected chi connectivity index (χ1v) is 13.1. The van der Waals surface area contributed by atoms with Crippen molar-refractivity contribution in [2.24, 2.45) is 0 Å². The summed E-state index contributed by atoms with van der Waals surface area (Å²) in [5, 5.41) is 4.69. The number of nitrogens with zero attached hydrogens (tertiary/aromatic N) is 4. The zero-order valence-electron chi connectivity index (χ0n) is 18.9. The average molecular weight is 452 g/mol. The molecule has 3 aliphatic rings. The second-order valence-electron chi connectivity index (χ2n) is 9.73. The lowest BCUT2D eigenvalue weighted by atomic mass is 9.81. The molecule has 5 heterocycles. The predicted molar refractivity (Wildman–Crippen MR) is 129 cm³/mol. The van der Waals surface area contributed by atoms with Gasteiger partial charge in [0.15, 0.2) is 0 Å². The number of hydrogen-bond donors (Lipinski definition) is 1. The summed E-state index contributed by atoms with van der Waals surface area (Å²) >= 11 is 1.80. The van der Waals surface area contributed by atoms with E-state index in [-0.39, 0.29) is 0 Å². The van der Waals surface area contributed by atoms with E-state index in [0.29, 0.717) is 12.0 Å². The molecule has 32 heavy (non-hydrogen) atoms. The largest absolute Gasteiger partial charge is 0.379 e. The van der Waals surface area contributed by atoms with Crippen molar-refractivity contribution in [2.75, 3.05) is 39.9 Å². The van der Waals surface area contributed by atoms with Crippen LogP contribution in [0.1, 0.15) is 61.1 Å². The molecule has 3 aromatic heterocycles. The van der Waals surface area contributed by atoms with Gasteiger partial charge < -0.3 is 9.72 Å². The second-order valence-corrected chi connectivity index (χ2v) is 10.6. The van der Waals surface area contributed by atoms with Crippen LogP contribution in [0.5, 0.6) is 0 Å². The standard InChI is InChI=1S/C25H33N5OS/c1-29-8-2-3-23(29)25-28-22(16-32-25)21-15-27-24-20(21)13-18(14-26-24)17-4-6-19(7-5-17)30-9-11-31-12-10-30/h13-17,19,23H,2-12H2,1H3,(H,26,27). The van der Waals surface area contributed by atoms with Gasteiger partial charge in [0, 0.05) is 47.9 Å². The number of thiazole rings is 1. The first-order chi connectivity index (χ1) is 15.8. The summed E-state index contributed by atoms with van der Waals surface area (Å²) in [4.78, 5) is 18.3. The number of aromatic nitrogens is 3. The van der Waals surface area contributed by atoms with Crippen molar-refractivity contribution < 1.29 is 4.74 Å². The van der Waals surface area contributed by atoms with Gasteiger partial charge in [-0.15, -0.1) is 11.3 Å². The topological polar surface area (TPSA) is 57.3 Å². The lowest BCUT2D eigenvalue weighted by Crippen LogP contribution is -2.44. The molecule has 1 aliphatic carbocycles. The third kappa shape index (κ3) is 3.89. The van der Waals surface area contributed by atoms with Crippen LogP contribution in [0, 0.1) is 0 Å². The smallest absolute Gasteiger partial charge is 0.137 e. The van der Waals surface area contributed by atoms with E-state index in [9.17, 15) is 0 Å². The van der Waals surface area contributed by atoms with Gasteiger partial charge in [-0.3, -0.25) is 9.80 Å². The molecular formula is C25H33N5OS. The minimum absolute atomic E-state index is 0.481. The number of aromatic amines is 1. The van der Waals surface area contributed by atoms with Crippen molar-refractivity contribution in [3.8, 4) is 11.3 Å². The van der Waals surface area contributed by atoms with E-state index in [1.54, 1.807) is 11.3 Å². The summed E-state index contributed by atoms with van der Waals surface area (Å²) in [5.74, 6) is 0.616. The third-order valence-electron chi connectivity index (χ3n) is 7.89. The molecule has 0 aromatic carbocycles. The van der Waals surface area contributed by atoms with Crippen molar-refractivity contribution in [2.45, 2.75) is 56.5 Å². The minimum Gasteiger partial charge on any atom is -0.379 e. The van der Waals surface area contributed by atoms with Crippen molar-refractivity contribution in [3.63, 3.8) is 0 Å². The van der Waals surface area contributed by atoms with Gasteiger partial charge in [0.05, 0.1) is 24.9 Å². The van der Waals surface area contributed by atoms with Crippen molar-refractivity contribution in [1.29, 1.82) is 0 Å². The summed E-state index contributed by atoms with van der Waals surface area (Å²) < 4.78 is 5.54. The van der Waals surface area contributed by atoms with Crippen LogP contribution in [0.3, 0.4) is 0 Å². The number of ether oxygens (including phenoxy) is 1. The molecule has 2 saturated heterocycles. The quantitative estimate of drug-likeness (QED) is 0.617. The lowest BCUT2D eigenvalue weighted by molar-refractivity contribution is 0.00729. The van der Waals surface area contributed by atoms with Crippen LogP contribution in [0.2, 0.25) is 0 Å². The highest BCUT2D eigenvalue weighted by Crippen LogP contribution is 2.39. The van der Waals surface area contributed by atoms with E-state index in [2.05, 4.69) is 45.7 Å². The zero-order valence-corrected chi connectivity index (χ0v) is 19.7. The molecule has 3 aromatic rings. The molecule has 0 radical (unpaired) electrons. The lowest BCUT2D eigenvalue weighted by Gasteiger charge is -2.38. The van der Waals surface area contributed by atoms with Crippen LogP contribution >= 0.6 is 11.3 Å². The number of morpholine rings is 1. The van der Waals surface area contributed by atoms with Gasteiger partial charge in [0.1, 0.15) is 10.7 Å². The Balaban J connectivity index is 1.20.